The van der Waals surface area contributed by atoms with Gasteiger partial charge in [-0.15, -0.1) is 0 Å². The van der Waals surface area contributed by atoms with E-state index in [1.165, 1.54) is 44.1 Å². The van der Waals surface area contributed by atoms with Crippen molar-refractivity contribution in [3.05, 3.63) is 26.6 Å². The first-order chi connectivity index (χ1) is 10.1. The number of hydrogen-bond acceptors (Lipinski definition) is 2. The van der Waals surface area contributed by atoms with Crippen LogP contribution >= 0.6 is 31.9 Å². The van der Waals surface area contributed by atoms with Crippen LogP contribution in [0.15, 0.2) is 21.1 Å². The van der Waals surface area contributed by atoms with Gasteiger partial charge in [0, 0.05) is 12.6 Å². The second-order valence-corrected chi connectivity index (χ2v) is 8.26. The molecule has 4 heteroatoms. The fourth-order valence-electron chi connectivity index (χ4n) is 3.03. The zero-order valence-electron chi connectivity index (χ0n) is 12.5. The normalized spacial score (nSPS) is 25.9. The maximum absolute atomic E-state index is 6.27. The van der Waals surface area contributed by atoms with Crippen LogP contribution in [0, 0.1) is 5.92 Å². The van der Waals surface area contributed by atoms with Gasteiger partial charge in [0.25, 0.3) is 0 Å². The van der Waals surface area contributed by atoms with Crippen LogP contribution in [0.2, 0.25) is 0 Å². The average molecular weight is 417 g/mol. The van der Waals surface area contributed by atoms with Crippen LogP contribution < -0.4 is 10.1 Å². The molecule has 116 valence electrons. The van der Waals surface area contributed by atoms with Crippen molar-refractivity contribution < 1.29 is 4.74 Å². The molecule has 2 unspecified atom stereocenters. The monoisotopic (exact) mass is 415 g/mol. The average Bonchev–Trinajstić information content (AvgIpc) is 3.25. The fraction of sp³-hybridized carbons (Fsp3) is 0.647. The number of ether oxygens (including phenoxy) is 1. The molecule has 0 saturated heterocycles. The second-order valence-electron chi connectivity index (χ2n) is 6.56. The molecule has 1 aromatic carbocycles. The molecule has 0 aromatic heterocycles. The number of benzene rings is 1. The van der Waals surface area contributed by atoms with Crippen LogP contribution in [0.25, 0.3) is 0 Å². The van der Waals surface area contributed by atoms with E-state index >= 15 is 0 Å². The summed E-state index contributed by atoms with van der Waals surface area (Å²) in [6.45, 7) is 3.26. The van der Waals surface area contributed by atoms with Crippen LogP contribution in [0.1, 0.15) is 51.0 Å². The van der Waals surface area contributed by atoms with E-state index in [4.69, 9.17) is 4.74 Å². The molecule has 2 aliphatic rings. The molecule has 1 N–H and O–H groups in total. The van der Waals surface area contributed by atoms with Crippen molar-refractivity contribution in [3.63, 3.8) is 0 Å². The quantitative estimate of drug-likeness (QED) is 0.691. The first-order valence-corrected chi connectivity index (χ1v) is 9.58. The van der Waals surface area contributed by atoms with E-state index in [9.17, 15) is 0 Å². The van der Waals surface area contributed by atoms with Gasteiger partial charge in [0.2, 0.25) is 0 Å². The number of hydrogen-bond donors (Lipinski definition) is 1. The van der Waals surface area contributed by atoms with Gasteiger partial charge in [0.15, 0.2) is 0 Å². The summed E-state index contributed by atoms with van der Waals surface area (Å²) in [6.07, 6.45) is 7.97. The molecule has 2 nitrogen and oxygen atoms in total. The summed E-state index contributed by atoms with van der Waals surface area (Å²) < 4.78 is 8.38. The van der Waals surface area contributed by atoms with E-state index in [1.807, 2.05) is 0 Å². The molecule has 2 fully saturated rings. The van der Waals surface area contributed by atoms with E-state index < -0.39 is 0 Å². The van der Waals surface area contributed by atoms with E-state index in [-0.39, 0.29) is 0 Å². The fourth-order valence-corrected chi connectivity index (χ4v) is 4.50. The van der Waals surface area contributed by atoms with Gasteiger partial charge < -0.3 is 10.1 Å². The second kappa shape index (κ2) is 7.01. The molecule has 3 rings (SSSR count). The standard InChI is InChI=1S/C17H23Br2NO/c1-11-3-2-4-14(7-11)21-17-15(18)8-12(9-16(17)19)10-20-13-5-6-13/h8-9,11,13-14,20H,2-7,10H2,1H3. The minimum Gasteiger partial charge on any atom is -0.488 e. The van der Waals surface area contributed by atoms with Gasteiger partial charge in [-0.25, -0.2) is 0 Å². The Bertz CT molecular complexity index is 479. The summed E-state index contributed by atoms with van der Waals surface area (Å²) in [5, 5.41) is 3.55. The van der Waals surface area contributed by atoms with Crippen molar-refractivity contribution in [1.29, 1.82) is 0 Å². The maximum Gasteiger partial charge on any atom is 0.148 e. The van der Waals surface area contributed by atoms with Crippen molar-refractivity contribution in [2.75, 3.05) is 0 Å². The van der Waals surface area contributed by atoms with Crippen LogP contribution in [0.4, 0.5) is 0 Å². The lowest BCUT2D eigenvalue weighted by atomic mass is 9.89. The molecular weight excluding hydrogens is 394 g/mol. The molecule has 0 heterocycles. The third kappa shape index (κ3) is 4.46. The first-order valence-electron chi connectivity index (χ1n) is 8.00. The van der Waals surface area contributed by atoms with Crippen molar-refractivity contribution in [2.45, 2.75) is 64.1 Å². The molecule has 0 amide bonds. The number of nitrogens with one attached hydrogen (secondary N) is 1. The molecular formula is C17H23Br2NO. The molecule has 0 aliphatic heterocycles. The van der Waals surface area contributed by atoms with Gasteiger partial charge in [-0.05, 0) is 87.6 Å². The summed E-state index contributed by atoms with van der Waals surface area (Å²) in [4.78, 5) is 0. The Labute approximate surface area is 144 Å². The largest absolute Gasteiger partial charge is 0.488 e. The predicted molar refractivity (Wildman–Crippen MR) is 93.8 cm³/mol. The SMILES string of the molecule is CC1CCCC(Oc2c(Br)cc(CNC3CC3)cc2Br)C1. The molecule has 0 radical (unpaired) electrons. The third-order valence-electron chi connectivity index (χ3n) is 4.40. The maximum atomic E-state index is 6.27. The lowest BCUT2D eigenvalue weighted by molar-refractivity contribution is 0.127. The molecule has 0 bridgehead atoms. The van der Waals surface area contributed by atoms with Crippen molar-refractivity contribution in [3.8, 4) is 5.75 Å². The Morgan fingerprint density at radius 1 is 1.14 bits per heavy atom. The lowest BCUT2D eigenvalue weighted by Crippen LogP contribution is -2.24. The summed E-state index contributed by atoms with van der Waals surface area (Å²) in [7, 11) is 0. The predicted octanol–water partition coefficient (Wildman–Crippen LogP) is 5.42. The van der Waals surface area contributed by atoms with Gasteiger partial charge in [0.05, 0.1) is 15.0 Å². The molecule has 0 spiro atoms. The van der Waals surface area contributed by atoms with Gasteiger partial charge >= 0.3 is 0 Å². The molecule has 1 aromatic rings. The van der Waals surface area contributed by atoms with E-state index in [0.29, 0.717) is 6.10 Å². The molecule has 2 atom stereocenters. The van der Waals surface area contributed by atoms with Crippen molar-refractivity contribution in [2.24, 2.45) is 5.92 Å². The van der Waals surface area contributed by atoms with Gasteiger partial charge in [-0.2, -0.15) is 0 Å². The molecule has 2 saturated carbocycles. The van der Waals surface area contributed by atoms with Gasteiger partial charge in [-0.1, -0.05) is 13.3 Å². The van der Waals surface area contributed by atoms with Crippen LogP contribution in [0.5, 0.6) is 5.75 Å². The Hall–Kier alpha value is -0.0600. The lowest BCUT2D eigenvalue weighted by Gasteiger charge is -2.28. The smallest absolute Gasteiger partial charge is 0.148 e. The van der Waals surface area contributed by atoms with Gasteiger partial charge in [-0.3, -0.25) is 0 Å². The Morgan fingerprint density at radius 3 is 2.48 bits per heavy atom. The van der Waals surface area contributed by atoms with Crippen LogP contribution in [-0.4, -0.2) is 12.1 Å². The van der Waals surface area contributed by atoms with E-state index in [0.717, 1.165) is 33.2 Å². The van der Waals surface area contributed by atoms with Gasteiger partial charge in [0.1, 0.15) is 5.75 Å². The summed E-state index contributed by atoms with van der Waals surface area (Å²) in [5.41, 5.74) is 1.30. The zero-order valence-corrected chi connectivity index (χ0v) is 15.7. The molecule has 2 aliphatic carbocycles. The zero-order chi connectivity index (χ0) is 14.8. The Morgan fingerprint density at radius 2 is 1.86 bits per heavy atom. The van der Waals surface area contributed by atoms with E-state index in [2.05, 4.69) is 56.2 Å². The van der Waals surface area contributed by atoms with Crippen LogP contribution in [0.3, 0.4) is 0 Å². The van der Waals surface area contributed by atoms with Crippen molar-refractivity contribution >= 4 is 31.9 Å². The highest BCUT2D eigenvalue weighted by Gasteiger charge is 2.23. The Balaban J connectivity index is 1.66. The highest BCUT2D eigenvalue weighted by molar-refractivity contribution is 9.11. The minimum atomic E-state index is 0.358. The minimum absolute atomic E-state index is 0.358. The first kappa shape index (κ1) is 15.8. The third-order valence-corrected chi connectivity index (χ3v) is 5.58. The Kier molecular flexibility index (Phi) is 5.28. The molecule has 21 heavy (non-hydrogen) atoms. The summed E-state index contributed by atoms with van der Waals surface area (Å²) in [5.74, 6) is 1.74. The topological polar surface area (TPSA) is 21.3 Å². The highest BCUT2D eigenvalue weighted by Crippen LogP contribution is 2.38. The van der Waals surface area contributed by atoms with E-state index in [1.54, 1.807) is 0 Å². The van der Waals surface area contributed by atoms with Crippen molar-refractivity contribution in [1.82, 2.24) is 5.32 Å². The number of rotatable bonds is 5. The van der Waals surface area contributed by atoms with Crippen LogP contribution in [-0.2, 0) is 6.54 Å². The summed E-state index contributed by atoms with van der Waals surface area (Å²) in [6, 6.07) is 5.10. The number of halogens is 2. The highest BCUT2D eigenvalue weighted by atomic mass is 79.9. The summed E-state index contributed by atoms with van der Waals surface area (Å²) >= 11 is 7.36.